The van der Waals surface area contributed by atoms with E-state index in [1.54, 1.807) is 10.7 Å². The maximum Gasteiger partial charge on any atom is 0.272 e. The quantitative estimate of drug-likeness (QED) is 0.828. The van der Waals surface area contributed by atoms with Crippen molar-refractivity contribution in [3.8, 4) is 0 Å². The number of benzene rings is 1. The van der Waals surface area contributed by atoms with Gasteiger partial charge < -0.3 is 15.1 Å². The summed E-state index contributed by atoms with van der Waals surface area (Å²) in [5, 5.41) is 7.33. The van der Waals surface area contributed by atoms with Crippen LogP contribution in [-0.4, -0.2) is 64.1 Å². The van der Waals surface area contributed by atoms with Gasteiger partial charge >= 0.3 is 0 Å². The molecule has 2 aliphatic rings. The van der Waals surface area contributed by atoms with Crippen molar-refractivity contribution in [1.82, 2.24) is 24.9 Å². The molecule has 0 spiro atoms. The van der Waals surface area contributed by atoms with Gasteiger partial charge in [-0.15, -0.1) is 0 Å². The third-order valence-corrected chi connectivity index (χ3v) is 5.45. The van der Waals surface area contributed by atoms with Crippen LogP contribution in [0.25, 0.3) is 0 Å². The van der Waals surface area contributed by atoms with Gasteiger partial charge in [-0.1, -0.05) is 30.3 Å². The molecule has 1 aromatic heterocycles. The Labute approximate surface area is 165 Å². The molecule has 0 aliphatic carbocycles. The zero-order valence-electron chi connectivity index (χ0n) is 16.1. The number of hydrogen-bond acceptors (Lipinski definition) is 4. The Bertz CT molecular complexity index is 827. The molecule has 28 heavy (non-hydrogen) atoms. The van der Waals surface area contributed by atoms with E-state index in [9.17, 15) is 9.59 Å². The smallest absolute Gasteiger partial charge is 0.272 e. The highest BCUT2D eigenvalue weighted by Crippen LogP contribution is 2.16. The van der Waals surface area contributed by atoms with Gasteiger partial charge in [0.2, 0.25) is 0 Å². The van der Waals surface area contributed by atoms with E-state index in [-0.39, 0.29) is 11.8 Å². The SMILES string of the molecule is O=C(NCCN1CCCC1)c1cc2n(n1)CCCN(Cc1ccccc1)C2=O. The molecule has 1 saturated heterocycles. The number of amides is 2. The summed E-state index contributed by atoms with van der Waals surface area (Å²) in [6, 6.07) is 11.6. The lowest BCUT2D eigenvalue weighted by molar-refractivity contribution is 0.0745. The summed E-state index contributed by atoms with van der Waals surface area (Å²) in [7, 11) is 0. The van der Waals surface area contributed by atoms with Gasteiger partial charge in [0.15, 0.2) is 5.69 Å². The maximum absolute atomic E-state index is 13.0. The minimum absolute atomic E-state index is 0.0648. The van der Waals surface area contributed by atoms with E-state index >= 15 is 0 Å². The predicted molar refractivity (Wildman–Crippen MR) is 106 cm³/mol. The number of aromatic nitrogens is 2. The van der Waals surface area contributed by atoms with Crippen molar-refractivity contribution in [3.63, 3.8) is 0 Å². The first kappa shape index (κ1) is 18.7. The van der Waals surface area contributed by atoms with E-state index in [2.05, 4.69) is 15.3 Å². The summed E-state index contributed by atoms with van der Waals surface area (Å²) in [6.45, 7) is 5.60. The van der Waals surface area contributed by atoms with Crippen molar-refractivity contribution >= 4 is 11.8 Å². The first-order valence-electron chi connectivity index (χ1n) is 10.1. The molecule has 4 rings (SSSR count). The average molecular weight is 381 g/mol. The van der Waals surface area contributed by atoms with E-state index in [4.69, 9.17) is 0 Å². The highest BCUT2D eigenvalue weighted by Gasteiger charge is 2.26. The number of carbonyl (C=O) groups is 2. The highest BCUT2D eigenvalue weighted by atomic mass is 16.2. The molecule has 0 unspecified atom stereocenters. The minimum atomic E-state index is -0.206. The van der Waals surface area contributed by atoms with Gasteiger partial charge in [-0.2, -0.15) is 5.10 Å². The van der Waals surface area contributed by atoms with Crippen LogP contribution in [0, 0.1) is 0 Å². The summed E-state index contributed by atoms with van der Waals surface area (Å²) >= 11 is 0. The molecule has 1 aromatic carbocycles. The van der Waals surface area contributed by atoms with Gasteiger partial charge in [0.25, 0.3) is 11.8 Å². The second-order valence-electron chi connectivity index (χ2n) is 7.51. The fraction of sp³-hybridized carbons (Fsp3) is 0.476. The summed E-state index contributed by atoms with van der Waals surface area (Å²) in [5.41, 5.74) is 1.92. The molecule has 3 heterocycles. The van der Waals surface area contributed by atoms with E-state index in [1.807, 2.05) is 35.2 Å². The van der Waals surface area contributed by atoms with Crippen LogP contribution in [0.4, 0.5) is 0 Å². The van der Waals surface area contributed by atoms with Crippen LogP contribution >= 0.6 is 0 Å². The second kappa shape index (κ2) is 8.56. The largest absolute Gasteiger partial charge is 0.349 e. The van der Waals surface area contributed by atoms with Gasteiger partial charge in [-0.05, 0) is 37.9 Å². The molecule has 1 fully saturated rings. The molecule has 0 atom stereocenters. The standard InChI is InChI=1S/C21H27N5O2/c27-20(22-9-14-24-10-4-5-11-24)18-15-19-21(28)25(12-6-13-26(19)23-18)16-17-7-2-1-3-8-17/h1-3,7-8,15H,4-6,9-14,16H2,(H,22,27). The first-order valence-corrected chi connectivity index (χ1v) is 10.1. The lowest BCUT2D eigenvalue weighted by atomic mass is 10.2. The monoisotopic (exact) mass is 381 g/mol. The van der Waals surface area contributed by atoms with Crippen molar-refractivity contribution in [2.45, 2.75) is 32.4 Å². The van der Waals surface area contributed by atoms with Gasteiger partial charge in [0.05, 0.1) is 0 Å². The van der Waals surface area contributed by atoms with Crippen molar-refractivity contribution < 1.29 is 9.59 Å². The number of aryl methyl sites for hydroxylation is 1. The normalized spacial score (nSPS) is 17.4. The molecule has 2 aromatic rings. The van der Waals surface area contributed by atoms with Gasteiger partial charge in [-0.3, -0.25) is 14.3 Å². The Balaban J connectivity index is 1.40. The van der Waals surface area contributed by atoms with Crippen molar-refractivity contribution in [2.75, 3.05) is 32.7 Å². The number of carbonyl (C=O) groups excluding carboxylic acids is 2. The lowest BCUT2D eigenvalue weighted by Crippen LogP contribution is -2.33. The number of nitrogens with one attached hydrogen (secondary N) is 1. The Morgan fingerprint density at radius 3 is 2.61 bits per heavy atom. The molecule has 1 N–H and O–H groups in total. The summed E-state index contributed by atoms with van der Waals surface area (Å²) in [5.74, 6) is -0.271. The van der Waals surface area contributed by atoms with Crippen LogP contribution in [0.15, 0.2) is 36.4 Å². The Morgan fingerprint density at radius 1 is 1.04 bits per heavy atom. The molecule has 0 saturated carbocycles. The van der Waals surface area contributed by atoms with Gasteiger partial charge in [0, 0.05) is 38.8 Å². The van der Waals surface area contributed by atoms with Gasteiger partial charge in [-0.25, -0.2) is 0 Å². The summed E-state index contributed by atoms with van der Waals surface area (Å²) in [6.07, 6.45) is 3.30. The number of hydrogen-bond donors (Lipinski definition) is 1. The number of nitrogens with zero attached hydrogens (tertiary/aromatic N) is 4. The topological polar surface area (TPSA) is 70.5 Å². The van der Waals surface area contributed by atoms with E-state index in [1.165, 1.54) is 12.8 Å². The molecular formula is C21H27N5O2. The third-order valence-electron chi connectivity index (χ3n) is 5.45. The van der Waals surface area contributed by atoms with Crippen LogP contribution in [0.1, 0.15) is 45.8 Å². The van der Waals surface area contributed by atoms with Crippen molar-refractivity contribution in [2.24, 2.45) is 0 Å². The van der Waals surface area contributed by atoms with E-state index < -0.39 is 0 Å². The summed E-state index contributed by atoms with van der Waals surface area (Å²) < 4.78 is 1.68. The zero-order valence-corrected chi connectivity index (χ0v) is 16.1. The zero-order chi connectivity index (χ0) is 19.3. The average Bonchev–Trinajstić information content (AvgIpc) is 3.35. The molecule has 148 valence electrons. The van der Waals surface area contributed by atoms with Crippen LogP contribution < -0.4 is 5.32 Å². The summed E-state index contributed by atoms with van der Waals surface area (Å²) in [4.78, 5) is 29.7. The maximum atomic E-state index is 13.0. The van der Waals surface area contributed by atoms with Crippen LogP contribution in [0.3, 0.4) is 0 Å². The number of likely N-dealkylation sites (tertiary alicyclic amines) is 1. The van der Waals surface area contributed by atoms with Gasteiger partial charge in [0.1, 0.15) is 5.69 Å². The van der Waals surface area contributed by atoms with Crippen molar-refractivity contribution in [3.05, 3.63) is 53.3 Å². The lowest BCUT2D eigenvalue weighted by Gasteiger charge is -2.20. The molecular weight excluding hydrogens is 354 g/mol. The number of fused-ring (bicyclic) bond motifs is 1. The van der Waals surface area contributed by atoms with Crippen LogP contribution in [0.2, 0.25) is 0 Å². The Kier molecular flexibility index (Phi) is 5.71. The Hall–Kier alpha value is -2.67. The first-order chi connectivity index (χ1) is 13.7. The minimum Gasteiger partial charge on any atom is -0.349 e. The molecule has 0 bridgehead atoms. The fourth-order valence-corrected chi connectivity index (χ4v) is 3.92. The molecule has 0 radical (unpaired) electrons. The third kappa shape index (κ3) is 4.25. The molecule has 7 nitrogen and oxygen atoms in total. The van der Waals surface area contributed by atoms with Crippen LogP contribution in [-0.2, 0) is 13.1 Å². The second-order valence-corrected chi connectivity index (χ2v) is 7.51. The highest BCUT2D eigenvalue weighted by molar-refractivity contribution is 5.98. The molecule has 7 heteroatoms. The molecule has 2 amide bonds. The fourth-order valence-electron chi connectivity index (χ4n) is 3.92. The van der Waals surface area contributed by atoms with E-state index in [0.717, 1.165) is 31.6 Å². The number of rotatable bonds is 6. The van der Waals surface area contributed by atoms with Crippen molar-refractivity contribution in [1.29, 1.82) is 0 Å². The predicted octanol–water partition coefficient (Wildman–Crippen LogP) is 1.75. The Morgan fingerprint density at radius 2 is 1.82 bits per heavy atom. The molecule has 2 aliphatic heterocycles. The van der Waals surface area contributed by atoms with Crippen LogP contribution in [0.5, 0.6) is 0 Å². The van der Waals surface area contributed by atoms with E-state index in [0.29, 0.717) is 37.6 Å².